The van der Waals surface area contributed by atoms with Crippen molar-refractivity contribution in [3.05, 3.63) is 34.3 Å². The normalized spacial score (nSPS) is 10.1. The Hall–Kier alpha value is -0.830. The van der Waals surface area contributed by atoms with Crippen molar-refractivity contribution in [3.63, 3.8) is 0 Å². The maximum atomic E-state index is 11.8. The third-order valence-corrected chi connectivity index (χ3v) is 2.91. The number of nitrogens with zero attached hydrogens (tertiary/aromatic N) is 1. The van der Waals surface area contributed by atoms with Gasteiger partial charge in [0.25, 0.3) is 0 Å². The number of amides is 1. The van der Waals surface area contributed by atoms with Crippen molar-refractivity contribution < 1.29 is 4.79 Å². The van der Waals surface area contributed by atoms with E-state index in [-0.39, 0.29) is 5.91 Å². The second-order valence-corrected chi connectivity index (χ2v) is 4.28. The second-order valence-electron chi connectivity index (χ2n) is 3.37. The topological polar surface area (TPSA) is 20.3 Å². The van der Waals surface area contributed by atoms with Crippen LogP contribution in [-0.2, 0) is 11.2 Å². The van der Waals surface area contributed by atoms with E-state index in [9.17, 15) is 4.79 Å². The summed E-state index contributed by atoms with van der Waals surface area (Å²) in [5, 5.41) is 0. The summed E-state index contributed by atoms with van der Waals surface area (Å²) in [5.41, 5.74) is 1.06. The molecule has 0 aromatic heterocycles. The zero-order chi connectivity index (χ0) is 11.3. The van der Waals surface area contributed by atoms with E-state index in [1.807, 2.05) is 43.0 Å². The maximum absolute atomic E-state index is 11.8. The lowest BCUT2D eigenvalue weighted by molar-refractivity contribution is -0.130. The molecule has 0 aliphatic heterocycles. The number of likely N-dealkylation sites (N-methyl/N-ethyl adjacent to an activating group) is 1. The summed E-state index contributed by atoms with van der Waals surface area (Å²) in [6.45, 7) is 5.57. The number of hydrogen-bond donors (Lipinski definition) is 0. The highest BCUT2D eigenvalue weighted by atomic mass is 79.9. The summed E-state index contributed by atoms with van der Waals surface area (Å²) in [5.74, 6) is 0.197. The zero-order valence-corrected chi connectivity index (χ0v) is 10.8. The van der Waals surface area contributed by atoms with Crippen LogP contribution in [0, 0.1) is 0 Å². The van der Waals surface area contributed by atoms with Crippen molar-refractivity contribution >= 4 is 21.8 Å². The molecule has 0 aliphatic carbocycles. The molecule has 82 valence electrons. The maximum Gasteiger partial charge on any atom is 0.226 e. The van der Waals surface area contributed by atoms with Crippen LogP contribution in [0.1, 0.15) is 19.4 Å². The van der Waals surface area contributed by atoms with E-state index in [0.29, 0.717) is 6.42 Å². The molecule has 0 N–H and O–H groups in total. The number of carbonyl (C=O) groups excluding carboxylic acids is 1. The minimum atomic E-state index is 0.197. The average molecular weight is 270 g/mol. The lowest BCUT2D eigenvalue weighted by Gasteiger charge is -2.18. The van der Waals surface area contributed by atoms with Gasteiger partial charge in [0, 0.05) is 17.6 Å². The average Bonchev–Trinajstić information content (AvgIpc) is 2.23. The van der Waals surface area contributed by atoms with Crippen LogP contribution in [-0.4, -0.2) is 23.9 Å². The first kappa shape index (κ1) is 12.2. The van der Waals surface area contributed by atoms with Crippen molar-refractivity contribution in [3.8, 4) is 0 Å². The van der Waals surface area contributed by atoms with Crippen LogP contribution < -0.4 is 0 Å². The standard InChI is InChI=1S/C12H16BrNO/c1-3-14(4-2)12(15)9-10-5-7-11(13)8-6-10/h5-8H,3-4,9H2,1-2H3. The van der Waals surface area contributed by atoms with Gasteiger partial charge < -0.3 is 4.90 Å². The number of carbonyl (C=O) groups is 1. The first-order chi connectivity index (χ1) is 7.17. The van der Waals surface area contributed by atoms with E-state index in [1.165, 1.54) is 0 Å². The van der Waals surface area contributed by atoms with Crippen LogP contribution >= 0.6 is 15.9 Å². The van der Waals surface area contributed by atoms with E-state index in [0.717, 1.165) is 23.1 Å². The molecular formula is C12H16BrNO. The van der Waals surface area contributed by atoms with Crippen molar-refractivity contribution in [2.24, 2.45) is 0 Å². The zero-order valence-electron chi connectivity index (χ0n) is 9.16. The fourth-order valence-corrected chi connectivity index (χ4v) is 1.73. The van der Waals surface area contributed by atoms with Crippen LogP contribution in [0.2, 0.25) is 0 Å². The Balaban J connectivity index is 2.61. The molecule has 15 heavy (non-hydrogen) atoms. The van der Waals surface area contributed by atoms with E-state index >= 15 is 0 Å². The summed E-state index contributed by atoms with van der Waals surface area (Å²) >= 11 is 3.37. The van der Waals surface area contributed by atoms with E-state index in [2.05, 4.69) is 15.9 Å². The second kappa shape index (κ2) is 5.91. The number of hydrogen-bond acceptors (Lipinski definition) is 1. The first-order valence-electron chi connectivity index (χ1n) is 5.19. The van der Waals surface area contributed by atoms with Gasteiger partial charge in [-0.2, -0.15) is 0 Å². The van der Waals surface area contributed by atoms with Crippen LogP contribution in [0.3, 0.4) is 0 Å². The fraction of sp³-hybridized carbons (Fsp3) is 0.417. The van der Waals surface area contributed by atoms with Gasteiger partial charge in [-0.05, 0) is 31.5 Å². The van der Waals surface area contributed by atoms with Gasteiger partial charge >= 0.3 is 0 Å². The van der Waals surface area contributed by atoms with E-state index in [1.54, 1.807) is 0 Å². The molecule has 1 aromatic rings. The van der Waals surface area contributed by atoms with Gasteiger partial charge in [-0.1, -0.05) is 28.1 Å². The Bertz CT molecular complexity index is 317. The van der Waals surface area contributed by atoms with Gasteiger partial charge in [0.1, 0.15) is 0 Å². The highest BCUT2D eigenvalue weighted by molar-refractivity contribution is 9.10. The molecule has 1 amide bonds. The van der Waals surface area contributed by atoms with Gasteiger partial charge in [0.15, 0.2) is 0 Å². The van der Waals surface area contributed by atoms with Crippen molar-refractivity contribution in [1.82, 2.24) is 4.90 Å². The fourth-order valence-electron chi connectivity index (χ4n) is 1.46. The van der Waals surface area contributed by atoms with Crippen LogP contribution in [0.5, 0.6) is 0 Å². The van der Waals surface area contributed by atoms with Crippen LogP contribution in [0.4, 0.5) is 0 Å². The SMILES string of the molecule is CCN(CC)C(=O)Cc1ccc(Br)cc1. The number of benzene rings is 1. The summed E-state index contributed by atoms with van der Waals surface area (Å²) in [7, 11) is 0. The monoisotopic (exact) mass is 269 g/mol. The minimum Gasteiger partial charge on any atom is -0.343 e. The third kappa shape index (κ3) is 3.67. The van der Waals surface area contributed by atoms with Gasteiger partial charge in [-0.25, -0.2) is 0 Å². The first-order valence-corrected chi connectivity index (χ1v) is 5.98. The largest absolute Gasteiger partial charge is 0.343 e. The quantitative estimate of drug-likeness (QED) is 0.823. The molecule has 0 radical (unpaired) electrons. The molecule has 0 saturated carbocycles. The highest BCUT2D eigenvalue weighted by Gasteiger charge is 2.09. The van der Waals surface area contributed by atoms with Crippen LogP contribution in [0.25, 0.3) is 0 Å². The predicted octanol–water partition coefficient (Wildman–Crippen LogP) is 2.86. The highest BCUT2D eigenvalue weighted by Crippen LogP contribution is 2.11. The van der Waals surface area contributed by atoms with Gasteiger partial charge in [0.2, 0.25) is 5.91 Å². The Morgan fingerprint density at radius 2 is 1.73 bits per heavy atom. The van der Waals surface area contributed by atoms with Crippen LogP contribution in [0.15, 0.2) is 28.7 Å². The van der Waals surface area contributed by atoms with Gasteiger partial charge in [-0.3, -0.25) is 4.79 Å². The predicted molar refractivity (Wildman–Crippen MR) is 65.8 cm³/mol. The number of rotatable bonds is 4. The molecule has 0 bridgehead atoms. The molecule has 1 aromatic carbocycles. The Labute approximate surface area is 99.4 Å². The Morgan fingerprint density at radius 1 is 1.20 bits per heavy atom. The molecule has 0 atom stereocenters. The van der Waals surface area contributed by atoms with Crippen molar-refractivity contribution in [1.29, 1.82) is 0 Å². The van der Waals surface area contributed by atoms with Gasteiger partial charge in [0.05, 0.1) is 6.42 Å². The molecule has 0 unspecified atom stereocenters. The lowest BCUT2D eigenvalue weighted by atomic mass is 10.1. The summed E-state index contributed by atoms with van der Waals surface area (Å²) in [6.07, 6.45) is 0.495. The molecule has 0 spiro atoms. The van der Waals surface area contributed by atoms with E-state index in [4.69, 9.17) is 0 Å². The Kier molecular flexibility index (Phi) is 4.82. The number of halogens is 1. The van der Waals surface area contributed by atoms with Crippen molar-refractivity contribution in [2.75, 3.05) is 13.1 Å². The molecular weight excluding hydrogens is 254 g/mol. The molecule has 0 aliphatic rings. The lowest BCUT2D eigenvalue weighted by Crippen LogP contribution is -2.31. The molecule has 0 heterocycles. The molecule has 0 saturated heterocycles. The Morgan fingerprint density at radius 3 is 2.20 bits per heavy atom. The molecule has 2 nitrogen and oxygen atoms in total. The summed E-state index contributed by atoms with van der Waals surface area (Å²) in [4.78, 5) is 13.6. The molecule has 0 fully saturated rings. The van der Waals surface area contributed by atoms with Gasteiger partial charge in [-0.15, -0.1) is 0 Å². The summed E-state index contributed by atoms with van der Waals surface area (Å²) in [6, 6.07) is 7.88. The third-order valence-electron chi connectivity index (χ3n) is 2.38. The van der Waals surface area contributed by atoms with E-state index < -0.39 is 0 Å². The smallest absolute Gasteiger partial charge is 0.226 e. The molecule has 3 heteroatoms. The summed E-state index contributed by atoms with van der Waals surface area (Å²) < 4.78 is 1.04. The minimum absolute atomic E-state index is 0.197. The molecule has 1 rings (SSSR count). The van der Waals surface area contributed by atoms with Crippen molar-refractivity contribution in [2.45, 2.75) is 20.3 Å².